The van der Waals surface area contributed by atoms with Gasteiger partial charge in [-0.15, -0.1) is 11.3 Å². The predicted molar refractivity (Wildman–Crippen MR) is 133 cm³/mol. The Morgan fingerprint density at radius 1 is 0.906 bits per heavy atom. The molecule has 2 nitrogen and oxygen atoms in total. The number of rotatable bonds is 6. The topological polar surface area (TPSA) is 27.0 Å². The zero-order valence-corrected chi connectivity index (χ0v) is 18.9. The Hall–Kier alpha value is -3.19. The predicted octanol–water partition coefficient (Wildman–Crippen LogP) is 6.67. The maximum absolute atomic E-state index is 9.21. The maximum atomic E-state index is 9.21. The molecular weight excluding hydrogens is 408 g/mol. The third-order valence-corrected chi connectivity index (χ3v) is 7.47. The van der Waals surface area contributed by atoms with Crippen LogP contribution in [0.5, 0.6) is 0 Å². The average molecular weight is 435 g/mol. The van der Waals surface area contributed by atoms with Crippen LogP contribution in [0.15, 0.2) is 91.0 Å². The van der Waals surface area contributed by atoms with E-state index in [9.17, 15) is 5.26 Å². The van der Waals surface area contributed by atoms with Crippen molar-refractivity contribution in [3.05, 3.63) is 118 Å². The van der Waals surface area contributed by atoms with Crippen LogP contribution < -0.4 is 0 Å². The van der Waals surface area contributed by atoms with E-state index < -0.39 is 0 Å². The maximum Gasteiger partial charge on any atom is 0.0991 e. The van der Waals surface area contributed by atoms with E-state index in [1.807, 2.05) is 29.5 Å². The largest absolute Gasteiger partial charge is 0.298 e. The van der Waals surface area contributed by atoms with E-state index in [2.05, 4.69) is 83.8 Å². The van der Waals surface area contributed by atoms with Crippen molar-refractivity contribution >= 4 is 11.3 Å². The molecule has 0 fully saturated rings. The molecule has 1 aromatic heterocycles. The molecule has 2 heterocycles. The zero-order valence-electron chi connectivity index (χ0n) is 18.1. The highest BCUT2D eigenvalue weighted by Crippen LogP contribution is 2.35. The fraction of sp³-hybridized carbons (Fsp3) is 0.207. The SMILES string of the molecule is N#Cc1cccc(-c2ccc(CC3CN(CCc4ccccc4)Cc4ccccc43)s2)c1. The highest BCUT2D eigenvalue weighted by molar-refractivity contribution is 7.15. The molecule has 5 rings (SSSR count). The number of nitrogens with zero attached hydrogens (tertiary/aromatic N) is 2. The molecule has 158 valence electrons. The molecule has 0 spiro atoms. The second kappa shape index (κ2) is 9.53. The van der Waals surface area contributed by atoms with Gasteiger partial charge in [-0.05, 0) is 59.4 Å². The molecule has 1 aliphatic rings. The normalized spacial score (nSPS) is 15.8. The molecule has 32 heavy (non-hydrogen) atoms. The third-order valence-electron chi connectivity index (χ3n) is 6.31. The molecule has 1 atom stereocenters. The second-order valence-corrected chi connectivity index (χ2v) is 9.70. The van der Waals surface area contributed by atoms with Crippen molar-refractivity contribution in [3.8, 4) is 16.5 Å². The van der Waals surface area contributed by atoms with Gasteiger partial charge >= 0.3 is 0 Å². The van der Waals surface area contributed by atoms with Crippen molar-refractivity contribution in [2.24, 2.45) is 0 Å². The Bertz CT molecular complexity index is 1240. The molecule has 0 saturated carbocycles. The summed E-state index contributed by atoms with van der Waals surface area (Å²) in [5, 5.41) is 9.21. The van der Waals surface area contributed by atoms with Crippen LogP contribution in [-0.2, 0) is 19.4 Å². The molecular formula is C29H26N2S. The van der Waals surface area contributed by atoms with Gasteiger partial charge in [-0.1, -0.05) is 66.7 Å². The lowest BCUT2D eigenvalue weighted by atomic mass is 9.87. The summed E-state index contributed by atoms with van der Waals surface area (Å²) in [5.41, 5.74) is 6.23. The molecule has 1 unspecified atom stereocenters. The Morgan fingerprint density at radius 3 is 2.62 bits per heavy atom. The standard InChI is InChI=1S/C29H26N2S/c30-19-23-9-6-11-24(17-23)29-14-13-27(32-29)18-26-21-31(16-15-22-7-2-1-3-8-22)20-25-10-4-5-12-28(25)26/h1-14,17,26H,15-16,18,20-21H2. The van der Waals surface area contributed by atoms with E-state index in [1.165, 1.54) is 26.4 Å². The average Bonchev–Trinajstić information content (AvgIpc) is 3.32. The van der Waals surface area contributed by atoms with Crippen LogP contribution in [0.1, 0.15) is 33.0 Å². The van der Waals surface area contributed by atoms with Crippen molar-refractivity contribution in [1.29, 1.82) is 5.26 Å². The summed E-state index contributed by atoms with van der Waals surface area (Å²) < 4.78 is 0. The van der Waals surface area contributed by atoms with Crippen LogP contribution >= 0.6 is 11.3 Å². The van der Waals surface area contributed by atoms with E-state index in [-0.39, 0.29) is 0 Å². The van der Waals surface area contributed by atoms with E-state index in [0.717, 1.165) is 38.0 Å². The minimum atomic E-state index is 0.507. The third kappa shape index (κ3) is 4.67. The Kier molecular flexibility index (Phi) is 6.16. The molecule has 0 radical (unpaired) electrons. The van der Waals surface area contributed by atoms with Gasteiger partial charge in [-0.3, -0.25) is 4.90 Å². The minimum absolute atomic E-state index is 0.507. The number of benzene rings is 3. The van der Waals surface area contributed by atoms with Crippen LogP contribution in [0.2, 0.25) is 0 Å². The highest BCUT2D eigenvalue weighted by Gasteiger charge is 2.25. The van der Waals surface area contributed by atoms with Crippen LogP contribution in [0.4, 0.5) is 0 Å². The summed E-state index contributed by atoms with van der Waals surface area (Å²) in [4.78, 5) is 5.26. The number of hydrogen-bond acceptors (Lipinski definition) is 3. The molecule has 3 aromatic carbocycles. The number of fused-ring (bicyclic) bond motifs is 1. The first kappa shape index (κ1) is 20.7. The van der Waals surface area contributed by atoms with Crippen molar-refractivity contribution < 1.29 is 0 Å². The second-order valence-electron chi connectivity index (χ2n) is 8.53. The van der Waals surface area contributed by atoms with Gasteiger partial charge in [0.1, 0.15) is 0 Å². The summed E-state index contributed by atoms with van der Waals surface area (Å²) >= 11 is 1.86. The van der Waals surface area contributed by atoms with E-state index in [1.54, 1.807) is 0 Å². The van der Waals surface area contributed by atoms with Gasteiger partial charge in [0.2, 0.25) is 0 Å². The number of hydrogen-bond donors (Lipinski definition) is 0. The summed E-state index contributed by atoms with van der Waals surface area (Å²) in [7, 11) is 0. The van der Waals surface area contributed by atoms with Crippen molar-refractivity contribution in [2.75, 3.05) is 13.1 Å². The summed E-state index contributed by atoms with van der Waals surface area (Å²) in [6.45, 7) is 3.22. The molecule has 0 amide bonds. The summed E-state index contributed by atoms with van der Waals surface area (Å²) in [6, 6.07) is 34.4. The van der Waals surface area contributed by atoms with Gasteiger partial charge in [0.05, 0.1) is 11.6 Å². The quantitative estimate of drug-likeness (QED) is 0.339. The lowest BCUT2D eigenvalue weighted by molar-refractivity contribution is 0.232. The molecule has 0 bridgehead atoms. The van der Waals surface area contributed by atoms with Crippen molar-refractivity contribution in [2.45, 2.75) is 25.3 Å². The van der Waals surface area contributed by atoms with E-state index in [4.69, 9.17) is 0 Å². The Balaban J connectivity index is 1.33. The minimum Gasteiger partial charge on any atom is -0.298 e. The zero-order chi connectivity index (χ0) is 21.8. The van der Waals surface area contributed by atoms with E-state index >= 15 is 0 Å². The molecule has 4 aromatic rings. The smallest absolute Gasteiger partial charge is 0.0991 e. The Morgan fingerprint density at radius 2 is 1.75 bits per heavy atom. The summed E-state index contributed by atoms with van der Waals surface area (Å²) in [6.07, 6.45) is 2.15. The molecule has 3 heteroatoms. The van der Waals surface area contributed by atoms with Crippen LogP contribution in [0.3, 0.4) is 0 Å². The lowest BCUT2D eigenvalue weighted by Gasteiger charge is -2.34. The van der Waals surface area contributed by atoms with Crippen LogP contribution in [-0.4, -0.2) is 18.0 Å². The van der Waals surface area contributed by atoms with Crippen LogP contribution in [0, 0.1) is 11.3 Å². The molecule has 0 saturated heterocycles. The molecule has 1 aliphatic heterocycles. The van der Waals surface area contributed by atoms with Gasteiger partial charge in [0, 0.05) is 35.3 Å². The van der Waals surface area contributed by atoms with Crippen LogP contribution in [0.25, 0.3) is 10.4 Å². The summed E-state index contributed by atoms with van der Waals surface area (Å²) in [5.74, 6) is 0.507. The fourth-order valence-electron chi connectivity index (χ4n) is 4.70. The van der Waals surface area contributed by atoms with E-state index in [0.29, 0.717) is 11.5 Å². The Labute approximate surface area is 194 Å². The molecule has 0 N–H and O–H groups in total. The first-order valence-electron chi connectivity index (χ1n) is 11.2. The first-order valence-corrected chi connectivity index (χ1v) is 12.0. The van der Waals surface area contributed by atoms with Crippen molar-refractivity contribution in [3.63, 3.8) is 0 Å². The number of nitriles is 1. The van der Waals surface area contributed by atoms with Gasteiger partial charge in [-0.2, -0.15) is 5.26 Å². The first-order chi connectivity index (χ1) is 15.8. The number of thiophene rings is 1. The monoisotopic (exact) mass is 434 g/mol. The highest BCUT2D eigenvalue weighted by atomic mass is 32.1. The van der Waals surface area contributed by atoms with Gasteiger partial charge < -0.3 is 0 Å². The van der Waals surface area contributed by atoms with Gasteiger partial charge in [-0.25, -0.2) is 0 Å². The van der Waals surface area contributed by atoms with Crippen molar-refractivity contribution in [1.82, 2.24) is 4.90 Å². The lowest BCUT2D eigenvalue weighted by Crippen LogP contribution is -2.35. The van der Waals surface area contributed by atoms with Gasteiger partial charge in [0.15, 0.2) is 0 Å². The molecule has 0 aliphatic carbocycles. The van der Waals surface area contributed by atoms with Gasteiger partial charge in [0.25, 0.3) is 0 Å². The fourth-order valence-corrected chi connectivity index (χ4v) is 5.78.